The van der Waals surface area contributed by atoms with Gasteiger partial charge in [-0.25, -0.2) is 8.78 Å². The quantitative estimate of drug-likeness (QED) is 0.282. The van der Waals surface area contributed by atoms with Crippen molar-refractivity contribution in [3.63, 3.8) is 0 Å². The number of H-pyrrole nitrogens is 1. The number of halogens is 2. The van der Waals surface area contributed by atoms with Crippen LogP contribution in [-0.4, -0.2) is 16.6 Å². The van der Waals surface area contributed by atoms with Gasteiger partial charge in [-0.1, -0.05) is 37.7 Å². The van der Waals surface area contributed by atoms with Gasteiger partial charge >= 0.3 is 51.4 Å². The first-order chi connectivity index (χ1) is 16.7. The van der Waals surface area contributed by atoms with Gasteiger partial charge in [0.1, 0.15) is 11.6 Å². The summed E-state index contributed by atoms with van der Waals surface area (Å²) >= 11 is 0. The van der Waals surface area contributed by atoms with Crippen LogP contribution in [0.3, 0.4) is 0 Å². The minimum absolute atomic E-state index is 0. The Balaban J connectivity index is 0.00000111. The molecule has 0 atom stereocenters. The van der Waals surface area contributed by atoms with E-state index in [9.17, 15) is 8.78 Å². The van der Waals surface area contributed by atoms with Gasteiger partial charge in [0.2, 0.25) is 0 Å². The van der Waals surface area contributed by atoms with E-state index in [1.165, 1.54) is 17.7 Å². The third-order valence-corrected chi connectivity index (χ3v) is 6.38. The summed E-state index contributed by atoms with van der Waals surface area (Å²) in [6.45, 7) is 4.53. The Bertz CT molecular complexity index is 1220. The number of hydrogen-bond donors (Lipinski definition) is 1. The smallest absolute Gasteiger partial charge is 0.560 e. The molecule has 2 heterocycles. The molecule has 0 spiro atoms. The van der Waals surface area contributed by atoms with E-state index in [1.807, 2.05) is 26.1 Å². The van der Waals surface area contributed by atoms with Gasteiger partial charge in [0.15, 0.2) is 0 Å². The average molecular weight is 502 g/mol. The Morgan fingerprint density at radius 1 is 0.971 bits per heavy atom. The van der Waals surface area contributed by atoms with E-state index >= 15 is 0 Å². The van der Waals surface area contributed by atoms with Crippen molar-refractivity contribution in [1.82, 2.24) is 9.97 Å². The zero-order chi connectivity index (χ0) is 23.9. The normalized spacial score (nSPS) is 17.3. The number of nitrogens with zero attached hydrogens (tertiary/aromatic N) is 2. The third-order valence-electron chi connectivity index (χ3n) is 6.38. The number of fused-ring (bicyclic) bond motifs is 1. The fourth-order valence-corrected chi connectivity index (χ4v) is 4.67. The predicted molar refractivity (Wildman–Crippen MR) is 133 cm³/mol. The first-order valence-corrected chi connectivity index (χ1v) is 12.0. The Morgan fingerprint density at radius 2 is 1.74 bits per heavy atom. The van der Waals surface area contributed by atoms with Crippen molar-refractivity contribution in [2.75, 3.05) is 6.61 Å². The molecule has 0 aliphatic heterocycles. The van der Waals surface area contributed by atoms with E-state index in [0.717, 1.165) is 36.6 Å². The molecule has 7 heteroatoms. The summed E-state index contributed by atoms with van der Waals surface area (Å²) < 4.78 is 27.9. The average Bonchev–Trinajstić information content (AvgIpc) is 3.34. The van der Waals surface area contributed by atoms with E-state index in [-0.39, 0.29) is 63.0 Å². The van der Waals surface area contributed by atoms with Crippen LogP contribution < -0.4 is 51.4 Å². The van der Waals surface area contributed by atoms with Gasteiger partial charge in [-0.2, -0.15) is 0 Å². The van der Waals surface area contributed by atoms with Crippen molar-refractivity contribution in [3.05, 3.63) is 89.8 Å². The first kappa shape index (κ1) is 28.0. The van der Waals surface area contributed by atoms with Gasteiger partial charge in [-0.15, -0.1) is 0 Å². The van der Waals surface area contributed by atoms with Crippen LogP contribution in [0.15, 0.2) is 67.1 Å². The minimum Gasteiger partial charge on any atom is -0.560 e. The zero-order valence-corrected chi connectivity index (χ0v) is 23.7. The summed E-state index contributed by atoms with van der Waals surface area (Å²) in [5, 5.41) is 0.912. The maximum Gasteiger partial charge on any atom is 1.00 e. The molecule has 35 heavy (non-hydrogen) atoms. The SMILES string of the molecule is CC.Fc1ccc2nccc(C3CCC(CO[N-]c4c[nH]cc4-c4ccccc4F)CC3)c2c1.[K+]. The zero-order valence-electron chi connectivity index (χ0n) is 20.6. The molecule has 0 saturated heterocycles. The van der Waals surface area contributed by atoms with Crippen LogP contribution >= 0.6 is 0 Å². The molecule has 2 aromatic heterocycles. The van der Waals surface area contributed by atoms with Crippen molar-refractivity contribution in [2.45, 2.75) is 45.4 Å². The summed E-state index contributed by atoms with van der Waals surface area (Å²) in [6.07, 6.45) is 9.34. The minimum atomic E-state index is -0.287. The van der Waals surface area contributed by atoms with Crippen LogP contribution in [-0.2, 0) is 4.84 Å². The van der Waals surface area contributed by atoms with Crippen LogP contribution in [0.25, 0.3) is 27.5 Å². The van der Waals surface area contributed by atoms with E-state index < -0.39 is 0 Å². The van der Waals surface area contributed by atoms with Gasteiger partial charge < -0.3 is 15.3 Å². The summed E-state index contributed by atoms with van der Waals surface area (Å²) in [6, 6.07) is 13.4. The van der Waals surface area contributed by atoms with Gasteiger partial charge in [0.25, 0.3) is 0 Å². The maximum atomic E-state index is 14.1. The number of rotatable bonds is 6. The Labute approximate surface area is 248 Å². The molecule has 1 aliphatic rings. The van der Waals surface area contributed by atoms with Crippen molar-refractivity contribution in [3.8, 4) is 11.1 Å². The van der Waals surface area contributed by atoms with Gasteiger partial charge in [-0.3, -0.25) is 4.98 Å². The number of nitrogens with one attached hydrogen (secondary N) is 1. The summed E-state index contributed by atoms with van der Waals surface area (Å²) in [7, 11) is 0. The molecular formula is C28H30F2KN3O. The molecule has 1 N–H and O–H groups in total. The van der Waals surface area contributed by atoms with Gasteiger partial charge in [0.05, 0.1) is 5.52 Å². The number of hydrogen-bond acceptors (Lipinski definition) is 2. The summed E-state index contributed by atoms with van der Waals surface area (Å²) in [5.41, 5.74) is 8.05. The summed E-state index contributed by atoms with van der Waals surface area (Å²) in [4.78, 5) is 13.0. The molecule has 1 saturated carbocycles. The third kappa shape index (κ3) is 6.79. The van der Waals surface area contributed by atoms with Crippen LogP contribution in [0, 0.1) is 17.6 Å². The fourth-order valence-electron chi connectivity index (χ4n) is 4.67. The van der Waals surface area contributed by atoms with Gasteiger partial charge in [-0.05, 0) is 85.2 Å². The first-order valence-electron chi connectivity index (χ1n) is 12.0. The number of benzene rings is 2. The van der Waals surface area contributed by atoms with Crippen molar-refractivity contribution in [2.24, 2.45) is 5.92 Å². The van der Waals surface area contributed by atoms with Crippen LogP contribution in [0.5, 0.6) is 0 Å². The second-order valence-corrected chi connectivity index (χ2v) is 8.40. The molecule has 0 radical (unpaired) electrons. The molecule has 0 bridgehead atoms. The largest absolute Gasteiger partial charge is 1.00 e. The van der Waals surface area contributed by atoms with Crippen molar-refractivity contribution >= 4 is 16.6 Å². The molecular weight excluding hydrogens is 471 g/mol. The molecule has 1 fully saturated rings. The van der Waals surface area contributed by atoms with E-state index in [0.29, 0.717) is 35.3 Å². The Morgan fingerprint density at radius 3 is 2.51 bits per heavy atom. The molecule has 4 nitrogen and oxygen atoms in total. The Hall–Kier alpha value is -1.61. The van der Waals surface area contributed by atoms with E-state index in [1.54, 1.807) is 42.7 Å². The molecule has 5 rings (SSSR count). The topological polar surface area (TPSA) is 52.0 Å². The second-order valence-electron chi connectivity index (χ2n) is 8.40. The molecule has 0 unspecified atom stereocenters. The molecule has 1 aliphatic carbocycles. The molecule has 4 aromatic rings. The number of pyridine rings is 1. The number of aromatic nitrogens is 2. The monoisotopic (exact) mass is 501 g/mol. The van der Waals surface area contributed by atoms with Crippen molar-refractivity contribution in [1.29, 1.82) is 0 Å². The predicted octanol–water partition coefficient (Wildman–Crippen LogP) is 5.45. The molecule has 178 valence electrons. The van der Waals surface area contributed by atoms with E-state index in [2.05, 4.69) is 15.4 Å². The van der Waals surface area contributed by atoms with E-state index in [4.69, 9.17) is 4.84 Å². The molecule has 2 aromatic carbocycles. The fraction of sp³-hybridized carbons (Fsp3) is 0.321. The maximum absolute atomic E-state index is 14.1. The second kappa shape index (κ2) is 13.6. The Kier molecular flexibility index (Phi) is 10.9. The van der Waals surface area contributed by atoms with Gasteiger partial charge in [0, 0.05) is 30.0 Å². The molecule has 0 amide bonds. The standard InChI is InChI=1S/C26H24F2N3O.C2H6.K/c27-19-9-10-25-22(13-19)20(11-12-30-25)18-7-5-17(6-8-18)16-32-31-26-15-29-14-23(26)21-3-1-2-4-24(21)28;1-2;/h1-4,9-15,17-18,29H,5-8,16H2;1-2H3;/q-1;;+1. The number of aromatic amines is 1. The van der Waals surface area contributed by atoms with Crippen LogP contribution in [0.4, 0.5) is 14.5 Å². The van der Waals surface area contributed by atoms with Crippen LogP contribution in [0.2, 0.25) is 0 Å². The van der Waals surface area contributed by atoms with Crippen LogP contribution in [0.1, 0.15) is 51.0 Å². The summed E-state index contributed by atoms with van der Waals surface area (Å²) in [5.74, 6) is 0.295. The van der Waals surface area contributed by atoms with Crippen molar-refractivity contribution < 1.29 is 65.0 Å².